The molecule has 40 heavy (non-hydrogen) atoms. The molecule has 0 bridgehead atoms. The van der Waals surface area contributed by atoms with Gasteiger partial charge >= 0.3 is 0 Å². The number of unbranched alkanes of at least 4 members (excludes halogenated alkanes) is 1. The van der Waals surface area contributed by atoms with E-state index < -0.39 is 28.5 Å². The molecule has 1 atom stereocenters. The Morgan fingerprint density at radius 2 is 1.60 bits per heavy atom. The smallest absolute Gasteiger partial charge is 0.264 e. The van der Waals surface area contributed by atoms with E-state index in [9.17, 15) is 18.0 Å². The highest BCUT2D eigenvalue weighted by molar-refractivity contribution is 7.92. The molecule has 3 aromatic rings. The molecule has 0 saturated carbocycles. The Bertz CT molecular complexity index is 1420. The third kappa shape index (κ3) is 7.77. The van der Waals surface area contributed by atoms with Crippen molar-refractivity contribution in [2.45, 2.75) is 57.5 Å². The van der Waals surface area contributed by atoms with Gasteiger partial charge in [-0.15, -0.1) is 0 Å². The Hall–Kier alpha value is -3.07. The molecule has 0 spiro atoms. The predicted octanol–water partition coefficient (Wildman–Crippen LogP) is 6.22. The zero-order valence-electron chi connectivity index (χ0n) is 22.9. The van der Waals surface area contributed by atoms with Crippen LogP contribution in [0.25, 0.3) is 0 Å². The number of hydrogen-bond acceptors (Lipinski definition) is 4. The van der Waals surface area contributed by atoms with Crippen molar-refractivity contribution >= 4 is 50.7 Å². The number of nitrogens with one attached hydrogen (secondary N) is 1. The van der Waals surface area contributed by atoms with Gasteiger partial charge in [0, 0.05) is 13.1 Å². The van der Waals surface area contributed by atoms with Gasteiger partial charge in [-0.2, -0.15) is 0 Å². The van der Waals surface area contributed by atoms with Crippen LogP contribution in [0.4, 0.5) is 5.69 Å². The molecule has 3 aromatic carbocycles. The van der Waals surface area contributed by atoms with Crippen molar-refractivity contribution in [3.8, 4) is 0 Å². The lowest BCUT2D eigenvalue weighted by molar-refractivity contribution is -0.140. The average molecular weight is 605 g/mol. The molecule has 1 unspecified atom stereocenters. The third-order valence-corrected chi connectivity index (χ3v) is 9.15. The van der Waals surface area contributed by atoms with E-state index in [2.05, 4.69) is 5.32 Å². The summed E-state index contributed by atoms with van der Waals surface area (Å²) >= 11 is 12.4. The van der Waals surface area contributed by atoms with Crippen LogP contribution >= 0.6 is 23.2 Å². The molecule has 0 radical (unpaired) electrons. The van der Waals surface area contributed by atoms with E-state index in [0.29, 0.717) is 13.0 Å². The van der Waals surface area contributed by atoms with Gasteiger partial charge in [-0.05, 0) is 61.2 Å². The summed E-state index contributed by atoms with van der Waals surface area (Å²) in [4.78, 5) is 28.8. The first-order valence-corrected chi connectivity index (χ1v) is 15.4. The Labute approximate surface area is 247 Å². The lowest BCUT2D eigenvalue weighted by atomic mass is 10.1. The predicted molar refractivity (Wildman–Crippen MR) is 161 cm³/mol. The number of aryl methyl sites for hydroxylation is 1. The number of rotatable bonds is 13. The average Bonchev–Trinajstić information content (AvgIpc) is 2.94. The number of carbonyl (C=O) groups excluding carboxylic acids is 2. The first-order valence-electron chi connectivity index (χ1n) is 13.2. The molecule has 7 nitrogen and oxygen atoms in total. The zero-order chi connectivity index (χ0) is 29.3. The molecular formula is C30H35Cl2N3O4S. The molecule has 3 rings (SSSR count). The number of anilines is 1. The molecular weight excluding hydrogens is 569 g/mol. The van der Waals surface area contributed by atoms with E-state index in [4.69, 9.17) is 23.2 Å². The topological polar surface area (TPSA) is 86.8 Å². The lowest BCUT2D eigenvalue weighted by Crippen LogP contribution is -2.52. The molecule has 10 heteroatoms. The standard InChI is InChI=1S/C30H35Cl2N3O4S/c1-4-6-18-33-30(37)28(5-2)34(20-23-13-11-10-12-22(23)3)29(36)21-35(24-16-17-26(31)27(32)19-24)40(38,39)25-14-8-7-9-15-25/h7-17,19,28H,4-6,18,20-21H2,1-3H3,(H,33,37). The van der Waals surface area contributed by atoms with Gasteiger partial charge in [-0.3, -0.25) is 13.9 Å². The fourth-order valence-electron chi connectivity index (χ4n) is 4.29. The van der Waals surface area contributed by atoms with Crippen LogP contribution in [0.1, 0.15) is 44.2 Å². The first-order chi connectivity index (χ1) is 19.1. The molecule has 2 amide bonds. The lowest BCUT2D eigenvalue weighted by Gasteiger charge is -2.33. The number of sulfonamides is 1. The van der Waals surface area contributed by atoms with E-state index in [1.54, 1.807) is 18.2 Å². The van der Waals surface area contributed by atoms with Crippen molar-refractivity contribution in [1.82, 2.24) is 10.2 Å². The van der Waals surface area contributed by atoms with Gasteiger partial charge in [0.25, 0.3) is 10.0 Å². The van der Waals surface area contributed by atoms with Crippen LogP contribution in [-0.2, 0) is 26.2 Å². The van der Waals surface area contributed by atoms with Gasteiger partial charge in [0.15, 0.2) is 0 Å². The Balaban J connectivity index is 2.06. The molecule has 0 aliphatic rings. The van der Waals surface area contributed by atoms with Gasteiger partial charge in [0.05, 0.1) is 20.6 Å². The van der Waals surface area contributed by atoms with Gasteiger partial charge in [-0.25, -0.2) is 8.42 Å². The summed E-state index contributed by atoms with van der Waals surface area (Å²) in [6.45, 7) is 5.89. The minimum atomic E-state index is -4.18. The largest absolute Gasteiger partial charge is 0.354 e. The fourth-order valence-corrected chi connectivity index (χ4v) is 6.00. The maximum Gasteiger partial charge on any atom is 0.264 e. The van der Waals surface area contributed by atoms with Crippen LogP contribution in [0.2, 0.25) is 10.0 Å². The van der Waals surface area contributed by atoms with Crippen molar-refractivity contribution in [1.29, 1.82) is 0 Å². The summed E-state index contributed by atoms with van der Waals surface area (Å²) in [5, 5.41) is 3.33. The Kier molecular flexibility index (Phi) is 11.4. The highest BCUT2D eigenvalue weighted by Gasteiger charge is 2.34. The van der Waals surface area contributed by atoms with Gasteiger partial charge in [-0.1, -0.05) is 85.9 Å². The minimum absolute atomic E-state index is 0.0173. The summed E-state index contributed by atoms with van der Waals surface area (Å²) in [5.41, 5.74) is 2.00. The number of nitrogens with zero attached hydrogens (tertiary/aromatic N) is 2. The van der Waals surface area contributed by atoms with Crippen molar-refractivity contribution < 1.29 is 18.0 Å². The molecule has 0 aliphatic carbocycles. The summed E-state index contributed by atoms with van der Waals surface area (Å²) in [6, 6.07) is 19.1. The van der Waals surface area contributed by atoms with E-state index >= 15 is 0 Å². The normalized spacial score (nSPS) is 12.0. The third-order valence-electron chi connectivity index (χ3n) is 6.62. The van der Waals surface area contributed by atoms with Crippen molar-refractivity contribution in [2.24, 2.45) is 0 Å². The Morgan fingerprint density at radius 3 is 2.23 bits per heavy atom. The monoisotopic (exact) mass is 603 g/mol. The number of halogens is 2. The maximum atomic E-state index is 14.1. The highest BCUT2D eigenvalue weighted by atomic mass is 35.5. The highest BCUT2D eigenvalue weighted by Crippen LogP contribution is 2.31. The number of benzene rings is 3. The van der Waals surface area contributed by atoms with Gasteiger partial charge < -0.3 is 10.2 Å². The molecule has 0 heterocycles. The second kappa shape index (κ2) is 14.5. The summed E-state index contributed by atoms with van der Waals surface area (Å²) in [5.74, 6) is -0.795. The number of carbonyl (C=O) groups is 2. The number of hydrogen-bond donors (Lipinski definition) is 1. The molecule has 0 aromatic heterocycles. The van der Waals surface area contributed by atoms with Crippen molar-refractivity contribution in [2.75, 3.05) is 17.4 Å². The van der Waals surface area contributed by atoms with Gasteiger partial charge in [0.1, 0.15) is 12.6 Å². The summed E-state index contributed by atoms with van der Waals surface area (Å²) < 4.78 is 28.7. The van der Waals surface area contributed by atoms with Gasteiger partial charge in [0.2, 0.25) is 11.8 Å². The fraction of sp³-hybridized carbons (Fsp3) is 0.333. The van der Waals surface area contributed by atoms with Crippen LogP contribution in [-0.4, -0.2) is 44.3 Å². The molecule has 0 fully saturated rings. The molecule has 214 valence electrons. The Morgan fingerprint density at radius 1 is 0.925 bits per heavy atom. The SMILES string of the molecule is CCCCNC(=O)C(CC)N(Cc1ccccc1C)C(=O)CN(c1ccc(Cl)c(Cl)c1)S(=O)(=O)c1ccccc1. The van der Waals surface area contributed by atoms with E-state index in [0.717, 1.165) is 28.3 Å². The summed E-state index contributed by atoms with van der Waals surface area (Å²) in [6.07, 6.45) is 2.08. The summed E-state index contributed by atoms with van der Waals surface area (Å²) in [7, 11) is -4.18. The van der Waals surface area contributed by atoms with Crippen LogP contribution in [0, 0.1) is 6.92 Å². The first kappa shape index (κ1) is 31.5. The second-order valence-electron chi connectivity index (χ2n) is 9.44. The van der Waals surface area contributed by atoms with Crippen LogP contribution in [0.5, 0.6) is 0 Å². The number of amides is 2. The molecule has 0 saturated heterocycles. The van der Waals surface area contributed by atoms with Crippen molar-refractivity contribution in [3.63, 3.8) is 0 Å². The quantitative estimate of drug-likeness (QED) is 0.235. The minimum Gasteiger partial charge on any atom is -0.354 e. The van der Waals surface area contributed by atoms with Crippen LogP contribution < -0.4 is 9.62 Å². The maximum absolute atomic E-state index is 14.1. The molecule has 0 aliphatic heterocycles. The second-order valence-corrected chi connectivity index (χ2v) is 12.1. The van der Waals surface area contributed by atoms with E-state index in [-0.39, 0.29) is 33.1 Å². The zero-order valence-corrected chi connectivity index (χ0v) is 25.3. The van der Waals surface area contributed by atoms with Crippen LogP contribution in [0.15, 0.2) is 77.7 Å². The van der Waals surface area contributed by atoms with Crippen LogP contribution in [0.3, 0.4) is 0 Å². The van der Waals surface area contributed by atoms with Crippen molar-refractivity contribution in [3.05, 3.63) is 94.0 Å². The van der Waals surface area contributed by atoms with E-state index in [1.165, 1.54) is 35.2 Å². The van der Waals surface area contributed by atoms with E-state index in [1.807, 2.05) is 45.0 Å². The molecule has 1 N–H and O–H groups in total.